The van der Waals surface area contributed by atoms with Gasteiger partial charge in [-0.2, -0.15) is 0 Å². The Morgan fingerprint density at radius 3 is 1.86 bits per heavy atom. The van der Waals surface area contributed by atoms with Crippen LogP contribution in [0.2, 0.25) is 0 Å². The SMILES string of the molecule is CC(=O)Nc1ccc(NC(=O)C(C)(C)C(=O)Nc2c(C)cccc2C(C)C)cc1. The number of amides is 3. The number of carbonyl (C=O) groups excluding carboxylic acids is 3. The Morgan fingerprint density at radius 1 is 0.828 bits per heavy atom. The van der Waals surface area contributed by atoms with Crippen molar-refractivity contribution < 1.29 is 14.4 Å². The fraction of sp³-hybridized carbons (Fsp3) is 0.348. The lowest BCUT2D eigenvalue weighted by molar-refractivity contribution is -0.135. The smallest absolute Gasteiger partial charge is 0.239 e. The monoisotopic (exact) mass is 395 g/mol. The van der Waals surface area contributed by atoms with Gasteiger partial charge in [0.2, 0.25) is 17.7 Å². The van der Waals surface area contributed by atoms with Crippen molar-refractivity contribution in [3.63, 3.8) is 0 Å². The van der Waals surface area contributed by atoms with Gasteiger partial charge in [-0.1, -0.05) is 32.0 Å². The van der Waals surface area contributed by atoms with E-state index in [1.165, 1.54) is 6.92 Å². The summed E-state index contributed by atoms with van der Waals surface area (Å²) in [4.78, 5) is 36.8. The van der Waals surface area contributed by atoms with Crippen molar-refractivity contribution >= 4 is 34.8 Å². The van der Waals surface area contributed by atoms with Crippen LogP contribution in [0, 0.1) is 12.3 Å². The van der Waals surface area contributed by atoms with E-state index >= 15 is 0 Å². The highest BCUT2D eigenvalue weighted by molar-refractivity contribution is 6.14. The molecule has 0 aliphatic heterocycles. The molecular formula is C23H29N3O3. The Balaban J connectivity index is 2.14. The van der Waals surface area contributed by atoms with E-state index in [2.05, 4.69) is 29.8 Å². The molecule has 6 heteroatoms. The molecule has 0 aliphatic carbocycles. The zero-order valence-electron chi connectivity index (χ0n) is 17.8. The van der Waals surface area contributed by atoms with Crippen molar-refractivity contribution in [2.24, 2.45) is 5.41 Å². The molecule has 0 saturated heterocycles. The zero-order chi connectivity index (χ0) is 21.8. The van der Waals surface area contributed by atoms with Gasteiger partial charge in [-0.05, 0) is 62.1 Å². The van der Waals surface area contributed by atoms with Crippen LogP contribution in [0.25, 0.3) is 0 Å². The molecule has 0 radical (unpaired) electrons. The summed E-state index contributed by atoms with van der Waals surface area (Å²) < 4.78 is 0. The number of hydrogen-bond donors (Lipinski definition) is 3. The van der Waals surface area contributed by atoms with Crippen molar-refractivity contribution in [1.29, 1.82) is 0 Å². The lowest BCUT2D eigenvalue weighted by atomic mass is 9.90. The quantitative estimate of drug-likeness (QED) is 0.621. The number of aryl methyl sites for hydroxylation is 1. The van der Waals surface area contributed by atoms with E-state index in [1.807, 2.05) is 25.1 Å². The van der Waals surface area contributed by atoms with Crippen LogP contribution in [0.3, 0.4) is 0 Å². The van der Waals surface area contributed by atoms with E-state index in [1.54, 1.807) is 38.1 Å². The number of benzene rings is 2. The van der Waals surface area contributed by atoms with E-state index in [9.17, 15) is 14.4 Å². The van der Waals surface area contributed by atoms with E-state index in [0.29, 0.717) is 11.4 Å². The van der Waals surface area contributed by atoms with Crippen LogP contribution in [0.15, 0.2) is 42.5 Å². The van der Waals surface area contributed by atoms with Crippen LogP contribution in [0.5, 0.6) is 0 Å². The molecule has 2 aromatic rings. The summed E-state index contributed by atoms with van der Waals surface area (Å²) in [5, 5.41) is 8.38. The van der Waals surface area contributed by atoms with Crippen molar-refractivity contribution in [3.8, 4) is 0 Å². The van der Waals surface area contributed by atoms with Gasteiger partial charge in [0, 0.05) is 24.0 Å². The first-order chi connectivity index (χ1) is 13.5. The molecule has 0 bridgehead atoms. The molecule has 2 rings (SSSR count). The molecular weight excluding hydrogens is 366 g/mol. The molecule has 154 valence electrons. The van der Waals surface area contributed by atoms with Gasteiger partial charge in [-0.15, -0.1) is 0 Å². The van der Waals surface area contributed by atoms with Crippen LogP contribution in [-0.2, 0) is 14.4 Å². The third kappa shape index (κ3) is 5.44. The molecule has 2 aromatic carbocycles. The van der Waals surface area contributed by atoms with Crippen molar-refractivity contribution in [2.45, 2.75) is 47.5 Å². The summed E-state index contributed by atoms with van der Waals surface area (Å²) in [7, 11) is 0. The number of hydrogen-bond acceptors (Lipinski definition) is 3. The number of carbonyl (C=O) groups is 3. The summed E-state index contributed by atoms with van der Waals surface area (Å²) in [6.45, 7) is 10.7. The predicted octanol–water partition coefficient (Wildman–Crippen LogP) is 4.68. The van der Waals surface area contributed by atoms with Crippen molar-refractivity contribution in [3.05, 3.63) is 53.6 Å². The molecule has 0 aliphatic rings. The summed E-state index contributed by atoms with van der Waals surface area (Å²) in [5.74, 6) is -0.719. The normalized spacial score (nSPS) is 11.1. The van der Waals surface area contributed by atoms with Gasteiger partial charge >= 0.3 is 0 Å². The summed E-state index contributed by atoms with van der Waals surface area (Å²) in [6, 6.07) is 12.6. The summed E-state index contributed by atoms with van der Waals surface area (Å²) in [6.07, 6.45) is 0. The molecule has 0 heterocycles. The Hall–Kier alpha value is -3.15. The minimum Gasteiger partial charge on any atom is -0.326 e. The largest absolute Gasteiger partial charge is 0.326 e. The van der Waals surface area contributed by atoms with Gasteiger partial charge in [0.15, 0.2) is 0 Å². The highest BCUT2D eigenvalue weighted by Crippen LogP contribution is 2.30. The average molecular weight is 396 g/mol. The molecule has 0 fully saturated rings. The predicted molar refractivity (Wildman–Crippen MR) is 117 cm³/mol. The average Bonchev–Trinajstić information content (AvgIpc) is 2.64. The first kappa shape index (κ1) is 22.1. The number of nitrogens with one attached hydrogen (secondary N) is 3. The van der Waals surface area contributed by atoms with Crippen LogP contribution in [0.1, 0.15) is 51.7 Å². The molecule has 6 nitrogen and oxygen atoms in total. The Bertz CT molecular complexity index is 915. The Morgan fingerprint density at radius 2 is 1.34 bits per heavy atom. The van der Waals surface area contributed by atoms with Gasteiger partial charge in [-0.25, -0.2) is 0 Å². The van der Waals surface area contributed by atoms with Crippen molar-refractivity contribution in [2.75, 3.05) is 16.0 Å². The first-order valence-corrected chi connectivity index (χ1v) is 9.62. The van der Waals surface area contributed by atoms with Crippen LogP contribution < -0.4 is 16.0 Å². The molecule has 0 spiro atoms. The molecule has 3 N–H and O–H groups in total. The maximum absolute atomic E-state index is 12.9. The van der Waals surface area contributed by atoms with Crippen LogP contribution in [-0.4, -0.2) is 17.7 Å². The second-order valence-corrected chi connectivity index (χ2v) is 7.99. The summed E-state index contributed by atoms with van der Waals surface area (Å²) >= 11 is 0. The fourth-order valence-electron chi connectivity index (χ4n) is 2.84. The molecule has 0 atom stereocenters. The maximum Gasteiger partial charge on any atom is 0.239 e. The van der Waals surface area contributed by atoms with Gasteiger partial charge < -0.3 is 16.0 Å². The van der Waals surface area contributed by atoms with Crippen LogP contribution >= 0.6 is 0 Å². The minimum absolute atomic E-state index is 0.170. The molecule has 0 saturated carbocycles. The van der Waals surface area contributed by atoms with E-state index in [0.717, 1.165) is 16.8 Å². The molecule has 3 amide bonds. The number of rotatable bonds is 6. The van der Waals surface area contributed by atoms with Gasteiger partial charge in [0.05, 0.1) is 0 Å². The van der Waals surface area contributed by atoms with E-state index in [-0.39, 0.29) is 17.7 Å². The highest BCUT2D eigenvalue weighted by atomic mass is 16.2. The zero-order valence-corrected chi connectivity index (χ0v) is 17.8. The topological polar surface area (TPSA) is 87.3 Å². The summed E-state index contributed by atoms with van der Waals surface area (Å²) in [5.41, 5.74) is 2.63. The van der Waals surface area contributed by atoms with Gasteiger partial charge in [0.1, 0.15) is 5.41 Å². The second-order valence-electron chi connectivity index (χ2n) is 7.99. The fourth-order valence-corrected chi connectivity index (χ4v) is 2.84. The minimum atomic E-state index is -1.28. The van der Waals surface area contributed by atoms with Crippen LogP contribution in [0.4, 0.5) is 17.1 Å². The van der Waals surface area contributed by atoms with Gasteiger partial charge in [0.25, 0.3) is 0 Å². The third-order valence-electron chi connectivity index (χ3n) is 4.76. The number of para-hydroxylation sites is 1. The standard InChI is InChI=1S/C23H29N3O3/c1-14(2)19-9-7-8-15(3)20(19)26-22(29)23(5,6)21(28)25-18-12-10-17(11-13-18)24-16(4)27/h7-14H,1-6H3,(H,24,27)(H,25,28)(H,26,29). The molecule has 29 heavy (non-hydrogen) atoms. The second kappa shape index (κ2) is 8.90. The number of anilines is 3. The molecule has 0 aromatic heterocycles. The Kier molecular flexibility index (Phi) is 6.80. The third-order valence-corrected chi connectivity index (χ3v) is 4.76. The lowest BCUT2D eigenvalue weighted by Gasteiger charge is -2.25. The molecule has 0 unspecified atom stereocenters. The first-order valence-electron chi connectivity index (χ1n) is 9.62. The maximum atomic E-state index is 12.9. The van der Waals surface area contributed by atoms with Gasteiger partial charge in [-0.3, -0.25) is 14.4 Å². The van der Waals surface area contributed by atoms with Crippen molar-refractivity contribution in [1.82, 2.24) is 0 Å². The highest BCUT2D eigenvalue weighted by Gasteiger charge is 2.36. The van der Waals surface area contributed by atoms with E-state index < -0.39 is 11.3 Å². The Labute approximate surface area is 172 Å². The van der Waals surface area contributed by atoms with E-state index in [4.69, 9.17) is 0 Å². The lowest BCUT2D eigenvalue weighted by Crippen LogP contribution is -2.41.